The van der Waals surface area contributed by atoms with E-state index >= 15 is 0 Å². The minimum Gasteiger partial charge on any atom is -0.350 e. The summed E-state index contributed by atoms with van der Waals surface area (Å²) in [7, 11) is -3.23. The summed E-state index contributed by atoms with van der Waals surface area (Å²) >= 11 is 1.55. The zero-order chi connectivity index (χ0) is 19.4. The Kier molecular flexibility index (Phi) is 5.71. The molecule has 7 nitrogen and oxygen atoms in total. The van der Waals surface area contributed by atoms with Crippen LogP contribution in [0.5, 0.6) is 0 Å². The van der Waals surface area contributed by atoms with Crippen LogP contribution in [0.25, 0.3) is 11.4 Å². The van der Waals surface area contributed by atoms with Crippen molar-refractivity contribution in [3.63, 3.8) is 0 Å². The van der Waals surface area contributed by atoms with Crippen molar-refractivity contribution in [2.24, 2.45) is 0 Å². The number of nitrogens with one attached hydrogen (secondary N) is 1. The third-order valence-electron chi connectivity index (χ3n) is 4.00. The predicted octanol–water partition coefficient (Wildman–Crippen LogP) is 3.01. The molecule has 0 aliphatic heterocycles. The average molecular weight is 406 g/mol. The fourth-order valence-electron chi connectivity index (χ4n) is 2.49. The molecule has 2 aromatic heterocycles. The number of rotatable bonds is 7. The van der Waals surface area contributed by atoms with E-state index in [4.69, 9.17) is 4.52 Å². The highest BCUT2D eigenvalue weighted by atomic mass is 32.2. The molecule has 0 spiro atoms. The number of aromatic nitrogens is 2. The van der Waals surface area contributed by atoms with Gasteiger partial charge in [-0.05, 0) is 36.1 Å². The number of aryl methyl sites for hydroxylation is 1. The lowest BCUT2D eigenvalue weighted by Crippen LogP contribution is -2.26. The van der Waals surface area contributed by atoms with E-state index in [-0.39, 0.29) is 23.3 Å². The van der Waals surface area contributed by atoms with Crippen molar-refractivity contribution >= 4 is 27.1 Å². The maximum absolute atomic E-state index is 12.2. The normalized spacial score (nSPS) is 12.7. The number of carbonyl (C=O) groups is 1. The quantitative estimate of drug-likeness (QED) is 0.648. The largest absolute Gasteiger partial charge is 0.350 e. The molecule has 9 heteroatoms. The van der Waals surface area contributed by atoms with E-state index in [2.05, 4.69) is 15.5 Å². The van der Waals surface area contributed by atoms with Gasteiger partial charge in [-0.1, -0.05) is 17.3 Å². The number of thiophene rings is 1. The minimum atomic E-state index is -3.23. The van der Waals surface area contributed by atoms with Gasteiger partial charge in [0, 0.05) is 30.0 Å². The van der Waals surface area contributed by atoms with Gasteiger partial charge < -0.3 is 9.84 Å². The minimum absolute atomic E-state index is 0.148. The van der Waals surface area contributed by atoms with Gasteiger partial charge in [-0.15, -0.1) is 0 Å². The van der Waals surface area contributed by atoms with E-state index in [0.717, 1.165) is 17.4 Å². The molecule has 0 saturated heterocycles. The lowest BCUT2D eigenvalue weighted by atomic mass is 10.1. The van der Waals surface area contributed by atoms with Gasteiger partial charge in [-0.25, -0.2) is 8.42 Å². The highest BCUT2D eigenvalue weighted by molar-refractivity contribution is 7.90. The van der Waals surface area contributed by atoms with Crippen molar-refractivity contribution in [3.05, 3.63) is 52.5 Å². The first-order valence-corrected chi connectivity index (χ1v) is 11.1. The van der Waals surface area contributed by atoms with Gasteiger partial charge in [0.15, 0.2) is 9.84 Å². The average Bonchev–Trinajstić information content (AvgIpc) is 3.30. The molecule has 0 saturated carbocycles. The molecule has 27 heavy (non-hydrogen) atoms. The van der Waals surface area contributed by atoms with Crippen LogP contribution in [0.3, 0.4) is 0 Å². The van der Waals surface area contributed by atoms with Crippen molar-refractivity contribution in [3.8, 4) is 11.4 Å². The van der Waals surface area contributed by atoms with Crippen LogP contribution in [0.15, 0.2) is 50.5 Å². The molecule has 0 aliphatic rings. The Bertz CT molecular complexity index is 1010. The van der Waals surface area contributed by atoms with E-state index < -0.39 is 9.84 Å². The molecule has 142 valence electrons. The van der Waals surface area contributed by atoms with Crippen LogP contribution < -0.4 is 5.32 Å². The summed E-state index contributed by atoms with van der Waals surface area (Å²) in [6, 6.07) is 8.15. The summed E-state index contributed by atoms with van der Waals surface area (Å²) < 4.78 is 28.2. The Morgan fingerprint density at radius 1 is 1.26 bits per heavy atom. The fourth-order valence-corrected chi connectivity index (χ4v) is 3.75. The summed E-state index contributed by atoms with van der Waals surface area (Å²) in [5, 5.41) is 10.7. The lowest BCUT2D eigenvalue weighted by Gasteiger charge is -2.14. The zero-order valence-corrected chi connectivity index (χ0v) is 16.5. The zero-order valence-electron chi connectivity index (χ0n) is 14.9. The smallest absolute Gasteiger partial charge is 0.227 e. The third kappa shape index (κ3) is 5.01. The van der Waals surface area contributed by atoms with Crippen molar-refractivity contribution < 1.29 is 17.7 Å². The molecule has 3 aromatic rings. The number of sulfone groups is 1. The van der Waals surface area contributed by atoms with Gasteiger partial charge in [0.1, 0.15) is 0 Å². The Morgan fingerprint density at radius 3 is 2.63 bits per heavy atom. The Balaban J connectivity index is 1.53. The topological polar surface area (TPSA) is 102 Å². The molecule has 1 atom stereocenters. The van der Waals surface area contributed by atoms with E-state index in [9.17, 15) is 13.2 Å². The van der Waals surface area contributed by atoms with E-state index in [1.807, 2.05) is 23.8 Å². The third-order valence-corrected chi connectivity index (χ3v) is 5.81. The number of hydrogen-bond acceptors (Lipinski definition) is 7. The molecule has 1 amide bonds. The molecular formula is C18H19N3O4S2. The highest BCUT2D eigenvalue weighted by Gasteiger charge is 2.14. The van der Waals surface area contributed by atoms with Crippen LogP contribution in [-0.2, 0) is 21.1 Å². The molecule has 0 bridgehead atoms. The molecule has 1 aromatic carbocycles. The maximum Gasteiger partial charge on any atom is 0.227 e. The van der Waals surface area contributed by atoms with Gasteiger partial charge in [0.25, 0.3) is 0 Å². The molecule has 1 N–H and O–H groups in total. The first-order chi connectivity index (χ1) is 12.8. The number of hydrogen-bond donors (Lipinski definition) is 1. The first-order valence-electron chi connectivity index (χ1n) is 8.27. The molecular weight excluding hydrogens is 386 g/mol. The van der Waals surface area contributed by atoms with Gasteiger partial charge in [0.2, 0.25) is 17.6 Å². The van der Waals surface area contributed by atoms with Crippen LogP contribution in [0, 0.1) is 0 Å². The van der Waals surface area contributed by atoms with Crippen molar-refractivity contribution in [1.82, 2.24) is 15.5 Å². The standard InChI is InChI=1S/C18H19N3O4S2/c1-12(13-3-5-15(6-4-13)27(2,23)24)19-16(22)7-8-17-20-18(21-25-17)14-9-10-26-11-14/h3-6,9-12H,7-8H2,1-2H3,(H,19,22). The summed E-state index contributed by atoms with van der Waals surface area (Å²) in [6.07, 6.45) is 1.73. The van der Waals surface area contributed by atoms with Crippen LogP contribution in [-0.4, -0.2) is 30.7 Å². The number of benzene rings is 1. The summed E-state index contributed by atoms with van der Waals surface area (Å²) in [4.78, 5) is 16.7. The second-order valence-corrected chi connectivity index (χ2v) is 8.95. The number of amides is 1. The summed E-state index contributed by atoms with van der Waals surface area (Å²) in [6.45, 7) is 1.84. The van der Waals surface area contributed by atoms with Gasteiger partial charge in [-0.3, -0.25) is 4.79 Å². The predicted molar refractivity (Wildman–Crippen MR) is 102 cm³/mol. The molecule has 0 aliphatic carbocycles. The second kappa shape index (κ2) is 8.01. The van der Waals surface area contributed by atoms with Crippen LogP contribution in [0.2, 0.25) is 0 Å². The highest BCUT2D eigenvalue weighted by Crippen LogP contribution is 2.19. The van der Waals surface area contributed by atoms with Crippen molar-refractivity contribution in [2.75, 3.05) is 6.26 Å². The Labute approximate surface area is 161 Å². The SMILES string of the molecule is CC(NC(=O)CCc1nc(-c2ccsc2)no1)c1ccc(S(C)(=O)=O)cc1. The summed E-state index contributed by atoms with van der Waals surface area (Å²) in [5.74, 6) is 0.785. The van der Waals surface area contributed by atoms with Crippen molar-refractivity contribution in [2.45, 2.75) is 30.7 Å². The monoisotopic (exact) mass is 405 g/mol. The van der Waals surface area contributed by atoms with E-state index in [0.29, 0.717) is 18.1 Å². The van der Waals surface area contributed by atoms with Crippen molar-refractivity contribution in [1.29, 1.82) is 0 Å². The molecule has 1 unspecified atom stereocenters. The van der Waals surface area contributed by atoms with Crippen LogP contribution in [0.4, 0.5) is 0 Å². The fraction of sp³-hybridized carbons (Fsp3) is 0.278. The molecule has 0 fully saturated rings. The van der Waals surface area contributed by atoms with Crippen LogP contribution in [0.1, 0.15) is 30.8 Å². The lowest BCUT2D eigenvalue weighted by molar-refractivity contribution is -0.121. The second-order valence-electron chi connectivity index (χ2n) is 6.15. The Hall–Kier alpha value is -2.52. The Morgan fingerprint density at radius 2 is 2.00 bits per heavy atom. The molecule has 0 radical (unpaired) electrons. The number of carbonyl (C=O) groups excluding carboxylic acids is 1. The number of nitrogens with zero attached hydrogens (tertiary/aromatic N) is 2. The summed E-state index contributed by atoms with van der Waals surface area (Å²) in [5.41, 5.74) is 1.72. The first kappa shape index (κ1) is 19.2. The maximum atomic E-state index is 12.2. The van der Waals surface area contributed by atoms with E-state index in [1.165, 1.54) is 12.1 Å². The van der Waals surface area contributed by atoms with Gasteiger partial charge >= 0.3 is 0 Å². The van der Waals surface area contributed by atoms with Gasteiger partial charge in [0.05, 0.1) is 10.9 Å². The van der Waals surface area contributed by atoms with Gasteiger partial charge in [-0.2, -0.15) is 16.3 Å². The molecule has 3 rings (SSSR count). The van der Waals surface area contributed by atoms with E-state index in [1.54, 1.807) is 23.5 Å². The molecule has 2 heterocycles. The van der Waals surface area contributed by atoms with Crippen LogP contribution >= 0.6 is 11.3 Å².